The molecule has 0 saturated carbocycles. The summed E-state index contributed by atoms with van der Waals surface area (Å²) in [5, 5.41) is 0. The lowest BCUT2D eigenvalue weighted by Gasteiger charge is -2.07. The summed E-state index contributed by atoms with van der Waals surface area (Å²) < 4.78 is 9.59. The minimum atomic E-state index is -0.830. The van der Waals surface area contributed by atoms with E-state index in [0.717, 1.165) is 0 Å². The molecule has 0 bridgehead atoms. The van der Waals surface area contributed by atoms with Crippen LogP contribution in [0.15, 0.2) is 18.2 Å². The van der Waals surface area contributed by atoms with Crippen molar-refractivity contribution in [1.82, 2.24) is 0 Å². The Hall–Kier alpha value is -2.17. The van der Waals surface area contributed by atoms with Crippen LogP contribution in [0.1, 0.15) is 33.2 Å². The van der Waals surface area contributed by atoms with Gasteiger partial charge in [0.15, 0.2) is 6.10 Å². The van der Waals surface area contributed by atoms with E-state index in [1.165, 1.54) is 14.0 Å². The van der Waals surface area contributed by atoms with Gasteiger partial charge >= 0.3 is 11.9 Å². The third kappa shape index (κ3) is 1.99. The lowest BCUT2D eigenvalue weighted by Crippen LogP contribution is -2.22. The molecular formula is C13H12O5. The van der Waals surface area contributed by atoms with E-state index in [-0.39, 0.29) is 12.2 Å². The molecule has 0 amide bonds. The quantitative estimate of drug-likeness (QED) is 0.734. The van der Waals surface area contributed by atoms with E-state index in [2.05, 4.69) is 4.74 Å². The Balaban J connectivity index is 2.39. The number of fused-ring (bicyclic) bond motifs is 1. The zero-order valence-corrected chi connectivity index (χ0v) is 10.1. The molecular weight excluding hydrogens is 236 g/mol. The molecule has 0 heterocycles. The first-order chi connectivity index (χ1) is 8.54. The molecule has 0 radical (unpaired) electrons. The summed E-state index contributed by atoms with van der Waals surface area (Å²) in [6.07, 6.45) is -0.609. The van der Waals surface area contributed by atoms with Crippen molar-refractivity contribution in [1.29, 1.82) is 0 Å². The maximum Gasteiger partial charge on any atom is 0.338 e. The van der Waals surface area contributed by atoms with Gasteiger partial charge in [-0.05, 0) is 11.6 Å². The Bertz CT molecular complexity index is 532. The first kappa shape index (κ1) is 12.3. The molecule has 0 fully saturated rings. The second-order valence-corrected chi connectivity index (χ2v) is 3.99. The number of methoxy groups -OCH3 is 1. The fourth-order valence-electron chi connectivity index (χ4n) is 2.09. The van der Waals surface area contributed by atoms with Gasteiger partial charge in [-0.3, -0.25) is 9.59 Å². The number of benzene rings is 1. The maximum atomic E-state index is 12.0. The number of hydrogen-bond acceptors (Lipinski definition) is 5. The Labute approximate surface area is 104 Å². The average molecular weight is 248 g/mol. The summed E-state index contributed by atoms with van der Waals surface area (Å²) >= 11 is 0. The van der Waals surface area contributed by atoms with Crippen molar-refractivity contribution in [3.8, 4) is 0 Å². The van der Waals surface area contributed by atoms with Crippen molar-refractivity contribution in [2.45, 2.75) is 19.4 Å². The molecule has 5 nitrogen and oxygen atoms in total. The van der Waals surface area contributed by atoms with Crippen LogP contribution in [0.3, 0.4) is 0 Å². The van der Waals surface area contributed by atoms with E-state index in [9.17, 15) is 14.4 Å². The topological polar surface area (TPSA) is 69.7 Å². The van der Waals surface area contributed by atoms with Crippen LogP contribution in [0.2, 0.25) is 0 Å². The molecule has 1 atom stereocenters. The van der Waals surface area contributed by atoms with Gasteiger partial charge in [-0.1, -0.05) is 12.1 Å². The van der Waals surface area contributed by atoms with Gasteiger partial charge in [-0.25, -0.2) is 4.79 Å². The van der Waals surface area contributed by atoms with E-state index >= 15 is 0 Å². The zero-order valence-electron chi connectivity index (χ0n) is 10.1. The predicted molar refractivity (Wildman–Crippen MR) is 61.4 cm³/mol. The number of carbonyl (C=O) groups is 3. The molecule has 0 N–H and O–H groups in total. The van der Waals surface area contributed by atoms with Crippen molar-refractivity contribution in [3.63, 3.8) is 0 Å². The van der Waals surface area contributed by atoms with Crippen molar-refractivity contribution in [2.75, 3.05) is 7.11 Å². The van der Waals surface area contributed by atoms with Crippen molar-refractivity contribution >= 4 is 17.7 Å². The highest BCUT2D eigenvalue weighted by molar-refractivity contribution is 6.07. The van der Waals surface area contributed by atoms with Crippen LogP contribution in [-0.2, 0) is 20.7 Å². The number of ketones is 1. The first-order valence-corrected chi connectivity index (χ1v) is 5.46. The van der Waals surface area contributed by atoms with Crippen molar-refractivity contribution in [3.05, 3.63) is 34.9 Å². The largest absolute Gasteiger partial charge is 0.465 e. The molecule has 94 valence electrons. The highest BCUT2D eigenvalue weighted by Crippen LogP contribution is 2.27. The molecule has 1 aliphatic rings. The highest BCUT2D eigenvalue weighted by Gasteiger charge is 2.35. The molecule has 1 aromatic rings. The zero-order chi connectivity index (χ0) is 13.3. The molecule has 18 heavy (non-hydrogen) atoms. The minimum absolute atomic E-state index is 0.221. The lowest BCUT2D eigenvalue weighted by molar-refractivity contribution is -0.144. The van der Waals surface area contributed by atoms with Gasteiger partial charge in [0, 0.05) is 18.9 Å². The number of ether oxygens (including phenoxy) is 2. The summed E-state index contributed by atoms with van der Waals surface area (Å²) in [5.41, 5.74) is 1.35. The lowest BCUT2D eigenvalue weighted by atomic mass is 10.0. The van der Waals surface area contributed by atoms with Crippen LogP contribution in [-0.4, -0.2) is 30.9 Å². The maximum absolute atomic E-state index is 12.0. The predicted octanol–water partition coefficient (Wildman–Crippen LogP) is 1.14. The molecule has 0 aromatic heterocycles. The van der Waals surface area contributed by atoms with Gasteiger partial charge in [0.1, 0.15) is 0 Å². The van der Waals surface area contributed by atoms with E-state index in [4.69, 9.17) is 4.74 Å². The molecule has 0 saturated heterocycles. The highest BCUT2D eigenvalue weighted by atomic mass is 16.5. The van der Waals surface area contributed by atoms with E-state index in [0.29, 0.717) is 16.7 Å². The van der Waals surface area contributed by atoms with Gasteiger partial charge in [-0.2, -0.15) is 0 Å². The molecule has 0 aliphatic heterocycles. The normalized spacial score (nSPS) is 17.2. The standard InChI is InChI=1S/C13H12O5/c1-7(14)18-11-6-10-8(12(11)15)4-3-5-9(10)13(16)17-2/h3-5,11H,6H2,1-2H3. The number of hydrogen-bond donors (Lipinski definition) is 0. The van der Waals surface area contributed by atoms with E-state index in [1.54, 1.807) is 18.2 Å². The molecule has 1 aliphatic carbocycles. The Morgan fingerprint density at radius 3 is 2.67 bits per heavy atom. The van der Waals surface area contributed by atoms with Crippen LogP contribution in [0, 0.1) is 0 Å². The SMILES string of the molecule is COC(=O)c1cccc2c1CC(OC(C)=O)C2=O. The van der Waals surface area contributed by atoms with Crippen LogP contribution in [0.5, 0.6) is 0 Å². The molecule has 1 unspecified atom stereocenters. The van der Waals surface area contributed by atoms with E-state index < -0.39 is 18.0 Å². The monoisotopic (exact) mass is 248 g/mol. The summed E-state index contributed by atoms with van der Waals surface area (Å²) in [5.74, 6) is -1.28. The van der Waals surface area contributed by atoms with Gasteiger partial charge in [0.25, 0.3) is 0 Å². The molecule has 5 heteroatoms. The number of Topliss-reactive ketones (excluding diaryl/α,β-unsaturated/α-hetero) is 1. The third-order valence-electron chi connectivity index (χ3n) is 2.84. The van der Waals surface area contributed by atoms with Crippen molar-refractivity contribution in [2.24, 2.45) is 0 Å². The summed E-state index contributed by atoms with van der Waals surface area (Å²) in [6.45, 7) is 1.25. The summed E-state index contributed by atoms with van der Waals surface area (Å²) in [6, 6.07) is 4.82. The third-order valence-corrected chi connectivity index (χ3v) is 2.84. The van der Waals surface area contributed by atoms with Crippen LogP contribution in [0.25, 0.3) is 0 Å². The number of rotatable bonds is 2. The van der Waals surface area contributed by atoms with Crippen LogP contribution >= 0.6 is 0 Å². The summed E-state index contributed by atoms with van der Waals surface area (Å²) in [4.78, 5) is 34.4. The number of esters is 2. The molecule has 0 spiro atoms. The summed E-state index contributed by atoms with van der Waals surface area (Å²) in [7, 11) is 1.28. The smallest absolute Gasteiger partial charge is 0.338 e. The van der Waals surface area contributed by atoms with Gasteiger partial charge < -0.3 is 9.47 Å². The second-order valence-electron chi connectivity index (χ2n) is 3.99. The van der Waals surface area contributed by atoms with Crippen LogP contribution < -0.4 is 0 Å². The Morgan fingerprint density at radius 1 is 1.33 bits per heavy atom. The van der Waals surface area contributed by atoms with Crippen molar-refractivity contribution < 1.29 is 23.9 Å². The number of carbonyl (C=O) groups excluding carboxylic acids is 3. The Morgan fingerprint density at radius 2 is 2.06 bits per heavy atom. The van der Waals surface area contributed by atoms with Crippen LogP contribution in [0.4, 0.5) is 0 Å². The second kappa shape index (κ2) is 4.60. The minimum Gasteiger partial charge on any atom is -0.465 e. The van der Waals surface area contributed by atoms with Gasteiger partial charge in [0.05, 0.1) is 12.7 Å². The molecule has 2 rings (SSSR count). The fraction of sp³-hybridized carbons (Fsp3) is 0.308. The Kier molecular flexibility index (Phi) is 3.14. The molecule has 1 aromatic carbocycles. The fourth-order valence-corrected chi connectivity index (χ4v) is 2.09. The van der Waals surface area contributed by atoms with E-state index in [1.807, 2.05) is 0 Å². The van der Waals surface area contributed by atoms with Gasteiger partial charge in [-0.15, -0.1) is 0 Å². The first-order valence-electron chi connectivity index (χ1n) is 5.46. The average Bonchev–Trinajstić information content (AvgIpc) is 2.65. The van der Waals surface area contributed by atoms with Gasteiger partial charge in [0.2, 0.25) is 5.78 Å².